The molecule has 0 aliphatic rings. The molecule has 0 aliphatic carbocycles. The van der Waals surface area contributed by atoms with Crippen molar-refractivity contribution in [3.8, 4) is 0 Å². The van der Waals surface area contributed by atoms with E-state index in [-0.39, 0.29) is 11.9 Å². The molecule has 5 aromatic carbocycles. The first kappa shape index (κ1) is 20.0. The van der Waals surface area contributed by atoms with Gasteiger partial charge in [0.05, 0.1) is 5.92 Å². The van der Waals surface area contributed by atoms with Gasteiger partial charge in [-0.15, -0.1) is 0 Å². The maximum Gasteiger partial charge on any atom is 0.314 e. The molecule has 0 amide bonds. The summed E-state index contributed by atoms with van der Waals surface area (Å²) in [7, 11) is 0. The second-order valence-electron chi connectivity index (χ2n) is 8.09. The third-order valence-electron chi connectivity index (χ3n) is 6.10. The lowest BCUT2D eigenvalue weighted by molar-refractivity contribution is -0.148. The number of carbonyl (C=O) groups excluding carboxylic acids is 1. The average Bonchev–Trinajstić information content (AvgIpc) is 2.86. The fraction of sp³-hybridized carbons (Fsp3) is 0.100. The Bertz CT molecular complexity index is 1300. The fourth-order valence-electron chi connectivity index (χ4n) is 4.35. The number of fused-ring (bicyclic) bond motifs is 2. The van der Waals surface area contributed by atoms with Crippen molar-refractivity contribution in [3.63, 3.8) is 0 Å². The van der Waals surface area contributed by atoms with Crippen LogP contribution in [0.5, 0.6) is 0 Å². The maximum atomic E-state index is 13.4. The van der Waals surface area contributed by atoms with Crippen LogP contribution in [0.15, 0.2) is 115 Å². The summed E-state index contributed by atoms with van der Waals surface area (Å²) in [5.41, 5.74) is 2.94. The molecular formula is C30H24O2. The zero-order chi connectivity index (χ0) is 21.9. The highest BCUT2D eigenvalue weighted by Crippen LogP contribution is 2.36. The molecule has 0 N–H and O–H groups in total. The van der Waals surface area contributed by atoms with E-state index >= 15 is 0 Å². The zero-order valence-electron chi connectivity index (χ0n) is 17.9. The fourth-order valence-corrected chi connectivity index (χ4v) is 4.35. The van der Waals surface area contributed by atoms with Crippen LogP contribution in [0.3, 0.4) is 0 Å². The highest BCUT2D eigenvalue weighted by atomic mass is 16.5. The number of benzene rings is 5. The molecule has 0 saturated heterocycles. The summed E-state index contributed by atoms with van der Waals surface area (Å²) in [4.78, 5) is 13.4. The van der Waals surface area contributed by atoms with Crippen molar-refractivity contribution in [2.45, 2.75) is 18.9 Å². The highest BCUT2D eigenvalue weighted by molar-refractivity contribution is 5.90. The van der Waals surface area contributed by atoms with Crippen LogP contribution >= 0.6 is 0 Å². The van der Waals surface area contributed by atoms with Crippen LogP contribution in [0.1, 0.15) is 35.6 Å². The molecule has 0 heterocycles. The summed E-state index contributed by atoms with van der Waals surface area (Å²) in [6, 6.07) is 38.7. The molecule has 5 aromatic rings. The largest absolute Gasteiger partial charge is 0.452 e. The minimum atomic E-state index is -0.508. The van der Waals surface area contributed by atoms with Gasteiger partial charge in [0.15, 0.2) is 6.10 Å². The smallest absolute Gasteiger partial charge is 0.314 e. The third kappa shape index (κ3) is 3.76. The van der Waals surface area contributed by atoms with E-state index in [4.69, 9.17) is 4.74 Å². The SMILES string of the molecule is CC(C(=O)OC(c1cccc2ccccc12)c1cccc2ccccc12)c1ccccc1. The quantitative estimate of drug-likeness (QED) is 0.279. The number of hydrogen-bond donors (Lipinski definition) is 0. The molecule has 32 heavy (non-hydrogen) atoms. The molecule has 2 nitrogen and oxygen atoms in total. The predicted octanol–water partition coefficient (Wildman–Crippen LogP) is 7.43. The molecule has 0 fully saturated rings. The first-order chi connectivity index (χ1) is 15.7. The molecule has 1 atom stereocenters. The summed E-state index contributed by atoms with van der Waals surface area (Å²) in [5.74, 6) is -0.592. The summed E-state index contributed by atoms with van der Waals surface area (Å²) in [6.45, 7) is 1.90. The molecule has 0 aliphatic heterocycles. The van der Waals surface area contributed by atoms with Gasteiger partial charge in [-0.1, -0.05) is 115 Å². The molecule has 156 valence electrons. The molecule has 1 unspecified atom stereocenters. The summed E-state index contributed by atoms with van der Waals surface area (Å²) in [6.07, 6.45) is -0.508. The lowest BCUT2D eigenvalue weighted by atomic mass is 9.92. The van der Waals surface area contributed by atoms with Crippen LogP contribution in [-0.2, 0) is 9.53 Å². The van der Waals surface area contributed by atoms with Crippen LogP contribution in [0.2, 0.25) is 0 Å². The van der Waals surface area contributed by atoms with Gasteiger partial charge in [0, 0.05) is 11.1 Å². The van der Waals surface area contributed by atoms with Crippen LogP contribution in [0, 0.1) is 0 Å². The number of rotatable bonds is 5. The lowest BCUT2D eigenvalue weighted by Crippen LogP contribution is -2.18. The highest BCUT2D eigenvalue weighted by Gasteiger charge is 2.26. The van der Waals surface area contributed by atoms with Gasteiger partial charge in [-0.25, -0.2) is 0 Å². The number of carbonyl (C=O) groups is 1. The van der Waals surface area contributed by atoms with E-state index in [0.29, 0.717) is 0 Å². The third-order valence-corrected chi connectivity index (χ3v) is 6.10. The van der Waals surface area contributed by atoms with Gasteiger partial charge < -0.3 is 4.74 Å². The topological polar surface area (TPSA) is 26.3 Å². The van der Waals surface area contributed by atoms with Crippen molar-refractivity contribution in [2.75, 3.05) is 0 Å². The van der Waals surface area contributed by atoms with Gasteiger partial charge in [-0.05, 0) is 34.0 Å². The zero-order valence-corrected chi connectivity index (χ0v) is 17.9. The van der Waals surface area contributed by atoms with E-state index in [9.17, 15) is 4.79 Å². The second kappa shape index (κ2) is 8.68. The predicted molar refractivity (Wildman–Crippen MR) is 131 cm³/mol. The van der Waals surface area contributed by atoms with E-state index in [1.807, 2.05) is 73.7 Å². The van der Waals surface area contributed by atoms with E-state index in [2.05, 4.69) is 48.5 Å². The van der Waals surface area contributed by atoms with Crippen LogP contribution < -0.4 is 0 Å². The molecule has 0 saturated carbocycles. The van der Waals surface area contributed by atoms with Crippen LogP contribution in [-0.4, -0.2) is 5.97 Å². The van der Waals surface area contributed by atoms with Crippen molar-refractivity contribution in [1.29, 1.82) is 0 Å². The van der Waals surface area contributed by atoms with Crippen LogP contribution in [0.4, 0.5) is 0 Å². The first-order valence-electron chi connectivity index (χ1n) is 10.9. The Hall–Kier alpha value is -3.91. The van der Waals surface area contributed by atoms with Gasteiger partial charge in [0.1, 0.15) is 0 Å². The van der Waals surface area contributed by atoms with Crippen molar-refractivity contribution < 1.29 is 9.53 Å². The summed E-state index contributed by atoms with van der Waals surface area (Å²) < 4.78 is 6.32. The minimum Gasteiger partial charge on any atom is -0.452 e. The van der Waals surface area contributed by atoms with E-state index in [1.165, 1.54) is 0 Å². The minimum absolute atomic E-state index is 0.234. The summed E-state index contributed by atoms with van der Waals surface area (Å²) in [5, 5.41) is 4.44. The van der Waals surface area contributed by atoms with E-state index in [1.54, 1.807) is 0 Å². The van der Waals surface area contributed by atoms with Gasteiger partial charge in [-0.3, -0.25) is 4.79 Å². The average molecular weight is 417 g/mol. The lowest BCUT2D eigenvalue weighted by Gasteiger charge is -2.24. The molecule has 0 aromatic heterocycles. The molecule has 0 bridgehead atoms. The van der Waals surface area contributed by atoms with Gasteiger partial charge >= 0.3 is 5.97 Å². The van der Waals surface area contributed by atoms with Crippen molar-refractivity contribution in [1.82, 2.24) is 0 Å². The molecule has 0 radical (unpaired) electrons. The summed E-state index contributed by atoms with van der Waals surface area (Å²) >= 11 is 0. The Morgan fingerprint density at radius 2 is 1.06 bits per heavy atom. The molecule has 5 rings (SSSR count). The Kier molecular flexibility index (Phi) is 5.43. The van der Waals surface area contributed by atoms with Gasteiger partial charge in [0.25, 0.3) is 0 Å². The Morgan fingerprint density at radius 1 is 0.594 bits per heavy atom. The Balaban J connectivity index is 1.65. The van der Waals surface area contributed by atoms with E-state index < -0.39 is 6.10 Å². The second-order valence-corrected chi connectivity index (χ2v) is 8.09. The number of hydrogen-bond acceptors (Lipinski definition) is 2. The molecular weight excluding hydrogens is 392 g/mol. The van der Waals surface area contributed by atoms with Gasteiger partial charge in [0.2, 0.25) is 0 Å². The number of esters is 1. The normalized spacial score (nSPS) is 12.2. The monoisotopic (exact) mass is 416 g/mol. The molecule has 0 spiro atoms. The van der Waals surface area contributed by atoms with Crippen LogP contribution in [0.25, 0.3) is 21.5 Å². The van der Waals surface area contributed by atoms with Crippen molar-refractivity contribution in [2.24, 2.45) is 0 Å². The van der Waals surface area contributed by atoms with Gasteiger partial charge in [-0.2, -0.15) is 0 Å². The van der Waals surface area contributed by atoms with Crippen molar-refractivity contribution >= 4 is 27.5 Å². The maximum absolute atomic E-state index is 13.4. The molecule has 2 heteroatoms. The van der Waals surface area contributed by atoms with Crippen molar-refractivity contribution in [3.05, 3.63) is 132 Å². The first-order valence-corrected chi connectivity index (χ1v) is 10.9. The number of ether oxygens (including phenoxy) is 1. The van der Waals surface area contributed by atoms with E-state index in [0.717, 1.165) is 38.2 Å². The Morgan fingerprint density at radius 3 is 1.62 bits per heavy atom. The standard InChI is InChI=1S/C30H24O2/c1-21(22-11-3-2-4-12-22)30(31)32-29(27-19-9-15-23-13-5-7-17-25(23)27)28-20-10-16-24-14-6-8-18-26(24)28/h2-21,29H,1H3. The Labute approximate surface area is 188 Å².